The maximum Gasteiger partial charge on any atom is 0.230 e. The van der Waals surface area contributed by atoms with Crippen molar-refractivity contribution in [1.82, 2.24) is 5.32 Å². The fraction of sp³-hybridized carbons (Fsp3) is 0.846. The van der Waals surface area contributed by atoms with Crippen molar-refractivity contribution in [2.75, 3.05) is 19.8 Å². The molecule has 104 valence electrons. The molecule has 0 saturated carbocycles. The zero-order valence-corrected chi connectivity index (χ0v) is 12.3. The van der Waals surface area contributed by atoms with Gasteiger partial charge in [0.1, 0.15) is 0 Å². The minimum absolute atomic E-state index is 0.0507. The first kappa shape index (κ1) is 15.4. The van der Waals surface area contributed by atoms with E-state index >= 15 is 0 Å². The van der Waals surface area contributed by atoms with Gasteiger partial charge in [0, 0.05) is 19.8 Å². The molecule has 1 unspecified atom stereocenters. The second kappa shape index (κ2) is 6.48. The van der Waals surface area contributed by atoms with Crippen LogP contribution in [-0.2, 0) is 9.53 Å². The number of carbonyl (C=O) groups is 1. The lowest BCUT2D eigenvalue weighted by molar-refractivity contribution is -0.124. The van der Waals surface area contributed by atoms with Crippen molar-refractivity contribution in [3.63, 3.8) is 0 Å². The van der Waals surface area contributed by atoms with Gasteiger partial charge in [-0.3, -0.25) is 4.79 Å². The molecule has 5 heteroatoms. The van der Waals surface area contributed by atoms with Gasteiger partial charge in [0.15, 0.2) is 0 Å². The molecule has 4 nitrogen and oxygen atoms in total. The van der Waals surface area contributed by atoms with Crippen LogP contribution in [0.25, 0.3) is 0 Å². The molecule has 0 aromatic carbocycles. The van der Waals surface area contributed by atoms with E-state index in [4.69, 9.17) is 22.7 Å². The van der Waals surface area contributed by atoms with E-state index in [9.17, 15) is 4.79 Å². The molecule has 0 aromatic rings. The van der Waals surface area contributed by atoms with Crippen LogP contribution in [0.3, 0.4) is 0 Å². The quantitative estimate of drug-likeness (QED) is 0.744. The number of carbonyl (C=O) groups excluding carboxylic acids is 1. The number of rotatable bonds is 5. The van der Waals surface area contributed by atoms with Gasteiger partial charge in [-0.2, -0.15) is 0 Å². The molecule has 18 heavy (non-hydrogen) atoms. The number of ether oxygens (including phenoxy) is 1. The first-order valence-electron chi connectivity index (χ1n) is 6.50. The predicted octanol–water partition coefficient (Wildman–Crippen LogP) is 1.48. The molecule has 1 aliphatic rings. The molecule has 0 aromatic heterocycles. The van der Waals surface area contributed by atoms with Crippen molar-refractivity contribution < 1.29 is 9.53 Å². The summed E-state index contributed by atoms with van der Waals surface area (Å²) in [5.74, 6) is -0.293. The summed E-state index contributed by atoms with van der Waals surface area (Å²) in [5, 5.41) is 2.99. The lowest BCUT2D eigenvalue weighted by Gasteiger charge is -2.34. The second-order valence-corrected chi connectivity index (χ2v) is 6.24. The molecule has 1 fully saturated rings. The zero-order valence-electron chi connectivity index (χ0n) is 11.5. The lowest BCUT2D eigenvalue weighted by atomic mass is 9.82. The van der Waals surface area contributed by atoms with E-state index in [-0.39, 0.29) is 28.1 Å². The molecular weight excluding hydrogens is 248 g/mol. The highest BCUT2D eigenvalue weighted by molar-refractivity contribution is 7.80. The van der Waals surface area contributed by atoms with Gasteiger partial charge in [-0.05, 0) is 24.2 Å². The van der Waals surface area contributed by atoms with Crippen LogP contribution in [0.4, 0.5) is 0 Å². The van der Waals surface area contributed by atoms with E-state index in [1.807, 2.05) is 13.8 Å². The molecule has 0 bridgehead atoms. The molecule has 1 rings (SSSR count). The summed E-state index contributed by atoms with van der Waals surface area (Å²) >= 11 is 4.96. The molecular formula is C13H24N2O2S. The zero-order chi connectivity index (χ0) is 13.8. The first-order chi connectivity index (χ1) is 8.36. The summed E-state index contributed by atoms with van der Waals surface area (Å²) in [6, 6.07) is 0. The smallest absolute Gasteiger partial charge is 0.230 e. The van der Waals surface area contributed by atoms with Crippen LogP contribution >= 0.6 is 12.2 Å². The minimum atomic E-state index is -0.372. The highest BCUT2D eigenvalue weighted by Gasteiger charge is 2.30. The van der Waals surface area contributed by atoms with Gasteiger partial charge in [-0.1, -0.05) is 33.0 Å². The Kier molecular flexibility index (Phi) is 5.53. The van der Waals surface area contributed by atoms with Gasteiger partial charge >= 0.3 is 0 Å². The molecule has 0 radical (unpaired) electrons. The molecule has 1 aliphatic heterocycles. The standard InChI is InChI=1S/C13H24N2O2S/c1-9(2)10(11(14)18)12(16)15-8-13(3)4-6-17-7-5-13/h9-10H,4-8H2,1-3H3,(H2,14,18)(H,15,16). The van der Waals surface area contributed by atoms with Gasteiger partial charge in [0.2, 0.25) is 5.91 Å². The van der Waals surface area contributed by atoms with Crippen LogP contribution in [0.1, 0.15) is 33.6 Å². The Bertz CT molecular complexity index is 312. The van der Waals surface area contributed by atoms with Crippen molar-refractivity contribution in [1.29, 1.82) is 0 Å². The number of amides is 1. The van der Waals surface area contributed by atoms with Crippen LogP contribution in [-0.4, -0.2) is 30.7 Å². The topological polar surface area (TPSA) is 64.3 Å². The van der Waals surface area contributed by atoms with Crippen LogP contribution in [0, 0.1) is 17.3 Å². The number of hydrogen-bond donors (Lipinski definition) is 2. The van der Waals surface area contributed by atoms with E-state index in [0.717, 1.165) is 26.1 Å². The Balaban J connectivity index is 2.51. The van der Waals surface area contributed by atoms with E-state index < -0.39 is 0 Å². The third-order valence-electron chi connectivity index (χ3n) is 3.64. The monoisotopic (exact) mass is 272 g/mol. The Labute approximate surface area is 115 Å². The summed E-state index contributed by atoms with van der Waals surface area (Å²) in [6.45, 7) is 8.31. The summed E-state index contributed by atoms with van der Waals surface area (Å²) < 4.78 is 5.34. The molecule has 1 atom stereocenters. The Morgan fingerprint density at radius 2 is 2.00 bits per heavy atom. The van der Waals surface area contributed by atoms with Gasteiger partial charge < -0.3 is 15.8 Å². The maximum atomic E-state index is 12.1. The van der Waals surface area contributed by atoms with Crippen LogP contribution in [0.5, 0.6) is 0 Å². The summed E-state index contributed by atoms with van der Waals surface area (Å²) in [7, 11) is 0. The summed E-state index contributed by atoms with van der Waals surface area (Å²) in [5.41, 5.74) is 5.76. The van der Waals surface area contributed by atoms with E-state index in [2.05, 4.69) is 12.2 Å². The molecule has 1 heterocycles. The third-order valence-corrected chi connectivity index (χ3v) is 3.90. The average Bonchev–Trinajstić information content (AvgIpc) is 2.26. The Morgan fingerprint density at radius 1 is 1.44 bits per heavy atom. The molecule has 0 spiro atoms. The van der Waals surface area contributed by atoms with Crippen LogP contribution in [0.2, 0.25) is 0 Å². The Morgan fingerprint density at radius 3 is 2.44 bits per heavy atom. The van der Waals surface area contributed by atoms with Gasteiger partial charge in [0.25, 0.3) is 0 Å². The minimum Gasteiger partial charge on any atom is -0.393 e. The number of thiocarbonyl (C=S) groups is 1. The number of hydrogen-bond acceptors (Lipinski definition) is 3. The van der Waals surface area contributed by atoms with Crippen molar-refractivity contribution in [3.05, 3.63) is 0 Å². The summed E-state index contributed by atoms with van der Waals surface area (Å²) in [6.07, 6.45) is 1.96. The van der Waals surface area contributed by atoms with E-state index in [1.165, 1.54) is 0 Å². The normalized spacial score (nSPS) is 20.4. The van der Waals surface area contributed by atoms with Crippen molar-refractivity contribution in [2.24, 2.45) is 23.0 Å². The predicted molar refractivity (Wildman–Crippen MR) is 76.3 cm³/mol. The lowest BCUT2D eigenvalue weighted by Crippen LogP contribution is -2.45. The average molecular weight is 272 g/mol. The van der Waals surface area contributed by atoms with Crippen molar-refractivity contribution in [3.8, 4) is 0 Å². The molecule has 0 aliphatic carbocycles. The molecule has 3 N–H and O–H groups in total. The maximum absolute atomic E-state index is 12.1. The van der Waals surface area contributed by atoms with Crippen molar-refractivity contribution in [2.45, 2.75) is 33.6 Å². The molecule has 1 saturated heterocycles. The second-order valence-electron chi connectivity index (χ2n) is 5.76. The van der Waals surface area contributed by atoms with E-state index in [0.29, 0.717) is 6.54 Å². The van der Waals surface area contributed by atoms with E-state index in [1.54, 1.807) is 0 Å². The number of nitrogens with one attached hydrogen (secondary N) is 1. The Hall–Kier alpha value is -0.680. The molecule has 1 amide bonds. The highest BCUT2D eigenvalue weighted by Crippen LogP contribution is 2.28. The van der Waals surface area contributed by atoms with Crippen LogP contribution < -0.4 is 11.1 Å². The van der Waals surface area contributed by atoms with Crippen LogP contribution in [0.15, 0.2) is 0 Å². The third kappa shape index (κ3) is 4.21. The summed E-state index contributed by atoms with van der Waals surface area (Å²) in [4.78, 5) is 12.4. The van der Waals surface area contributed by atoms with Gasteiger partial charge in [-0.25, -0.2) is 0 Å². The fourth-order valence-electron chi connectivity index (χ4n) is 2.21. The number of nitrogens with two attached hydrogens (primary N) is 1. The largest absolute Gasteiger partial charge is 0.393 e. The first-order valence-corrected chi connectivity index (χ1v) is 6.91. The SMILES string of the molecule is CC(C)C(C(=O)NCC1(C)CCOCC1)C(N)=S. The van der Waals surface area contributed by atoms with Gasteiger partial charge in [0.05, 0.1) is 10.9 Å². The fourth-order valence-corrected chi connectivity index (χ4v) is 2.59. The van der Waals surface area contributed by atoms with Crippen molar-refractivity contribution >= 4 is 23.1 Å². The highest BCUT2D eigenvalue weighted by atomic mass is 32.1. The van der Waals surface area contributed by atoms with Gasteiger partial charge in [-0.15, -0.1) is 0 Å².